The summed E-state index contributed by atoms with van der Waals surface area (Å²) in [7, 11) is 0. The molecule has 7 nitrogen and oxygen atoms in total. The summed E-state index contributed by atoms with van der Waals surface area (Å²) in [4.78, 5) is 27.7. The van der Waals surface area contributed by atoms with Crippen LogP contribution in [0.25, 0.3) is 0 Å². The van der Waals surface area contributed by atoms with Crippen LogP contribution in [-0.4, -0.2) is 51.7 Å². The molecule has 1 unspecified atom stereocenters. The highest BCUT2D eigenvalue weighted by atomic mass is 16.2. The van der Waals surface area contributed by atoms with E-state index in [2.05, 4.69) is 34.5 Å². The molecular weight excluding hydrogens is 390 g/mol. The van der Waals surface area contributed by atoms with Crippen LogP contribution in [0.1, 0.15) is 54.7 Å². The Hall–Kier alpha value is -2.67. The fourth-order valence-corrected chi connectivity index (χ4v) is 4.67. The lowest BCUT2D eigenvalue weighted by molar-refractivity contribution is -0.123. The first-order chi connectivity index (χ1) is 15.0. The number of rotatable bonds is 7. The smallest absolute Gasteiger partial charge is 0.255 e. The number of hydrogen-bond acceptors (Lipinski definition) is 4. The monoisotopic (exact) mass is 423 g/mol. The molecule has 2 amide bonds. The molecule has 2 aromatic rings. The number of aromatic nitrogens is 2. The van der Waals surface area contributed by atoms with E-state index in [1.807, 2.05) is 35.0 Å². The molecule has 2 aliphatic heterocycles. The highest BCUT2D eigenvalue weighted by Gasteiger charge is 2.30. The summed E-state index contributed by atoms with van der Waals surface area (Å²) >= 11 is 0. The van der Waals surface area contributed by atoms with E-state index >= 15 is 0 Å². The van der Waals surface area contributed by atoms with Crippen molar-refractivity contribution in [1.82, 2.24) is 25.3 Å². The minimum Gasteiger partial charge on any atom is -0.351 e. The minimum atomic E-state index is -0.117. The third kappa shape index (κ3) is 5.34. The zero-order valence-electron chi connectivity index (χ0n) is 18.5. The van der Waals surface area contributed by atoms with E-state index in [1.165, 1.54) is 0 Å². The Labute approximate surface area is 184 Å². The molecule has 1 aromatic carbocycles. The summed E-state index contributed by atoms with van der Waals surface area (Å²) in [5.74, 6) is 0.468. The van der Waals surface area contributed by atoms with Crippen LogP contribution in [0.2, 0.25) is 0 Å². The van der Waals surface area contributed by atoms with Crippen LogP contribution in [0, 0.1) is 5.92 Å². The molecule has 2 aliphatic rings. The van der Waals surface area contributed by atoms with Gasteiger partial charge in [0.15, 0.2) is 0 Å². The van der Waals surface area contributed by atoms with Gasteiger partial charge in [-0.05, 0) is 51.3 Å². The second-order valence-electron chi connectivity index (χ2n) is 9.10. The van der Waals surface area contributed by atoms with Crippen LogP contribution >= 0.6 is 0 Å². The lowest BCUT2D eigenvalue weighted by Crippen LogP contribution is -2.41. The topological polar surface area (TPSA) is 79.3 Å². The summed E-state index contributed by atoms with van der Waals surface area (Å²) < 4.78 is 1.85. The number of nitrogens with one attached hydrogen (secondary N) is 2. The van der Waals surface area contributed by atoms with Crippen LogP contribution in [0.4, 0.5) is 0 Å². The standard InChI is InChI=1S/C24H33N5O2/c1-17(2)28-10-8-18(9-11-28)12-23(30)27-20-13-22-21(15-26-29(22)16-20)24(31)25-14-19-6-4-3-5-7-19/h3-7,15,17-18,20H,8-14,16H2,1-2H3,(H,25,31)(H,27,30). The van der Waals surface area contributed by atoms with Crippen LogP contribution in [-0.2, 0) is 24.3 Å². The summed E-state index contributed by atoms with van der Waals surface area (Å²) in [6.07, 6.45) is 5.05. The molecule has 1 atom stereocenters. The number of benzene rings is 1. The van der Waals surface area contributed by atoms with Gasteiger partial charge in [0, 0.05) is 25.4 Å². The second kappa shape index (κ2) is 9.64. The Balaban J connectivity index is 1.25. The van der Waals surface area contributed by atoms with Gasteiger partial charge in [-0.3, -0.25) is 14.3 Å². The van der Waals surface area contributed by atoms with Crippen molar-refractivity contribution in [2.45, 2.75) is 64.7 Å². The summed E-state index contributed by atoms with van der Waals surface area (Å²) in [6.45, 7) is 7.73. The average molecular weight is 424 g/mol. The minimum absolute atomic E-state index is 0.00706. The van der Waals surface area contributed by atoms with Crippen LogP contribution < -0.4 is 10.6 Å². The van der Waals surface area contributed by atoms with Crippen molar-refractivity contribution in [3.05, 3.63) is 53.3 Å². The third-order valence-electron chi connectivity index (χ3n) is 6.54. The van der Waals surface area contributed by atoms with Crippen molar-refractivity contribution in [3.8, 4) is 0 Å². The van der Waals surface area contributed by atoms with E-state index in [-0.39, 0.29) is 17.9 Å². The van der Waals surface area contributed by atoms with Gasteiger partial charge in [-0.1, -0.05) is 30.3 Å². The fourth-order valence-electron chi connectivity index (χ4n) is 4.67. The number of piperidine rings is 1. The SMILES string of the molecule is CC(C)N1CCC(CC(=O)NC2Cc3c(C(=O)NCc4ccccc4)cnn3C2)CC1. The number of carbonyl (C=O) groups excluding carboxylic acids is 2. The first-order valence-corrected chi connectivity index (χ1v) is 11.4. The molecule has 0 spiro atoms. The maximum atomic E-state index is 12.6. The molecule has 0 aliphatic carbocycles. The number of hydrogen-bond donors (Lipinski definition) is 2. The van der Waals surface area contributed by atoms with E-state index in [0.717, 1.165) is 37.2 Å². The van der Waals surface area contributed by atoms with Gasteiger partial charge in [0.25, 0.3) is 5.91 Å². The molecule has 1 aromatic heterocycles. The summed E-state index contributed by atoms with van der Waals surface area (Å²) in [6, 6.07) is 10.4. The van der Waals surface area contributed by atoms with Gasteiger partial charge in [0.2, 0.25) is 5.91 Å². The fraction of sp³-hybridized carbons (Fsp3) is 0.542. The normalized spacial score (nSPS) is 19.4. The first-order valence-electron chi connectivity index (χ1n) is 11.4. The van der Waals surface area contributed by atoms with Crippen LogP contribution in [0.15, 0.2) is 36.5 Å². The van der Waals surface area contributed by atoms with Crippen molar-refractivity contribution in [2.24, 2.45) is 5.92 Å². The van der Waals surface area contributed by atoms with Gasteiger partial charge in [0.1, 0.15) is 0 Å². The quantitative estimate of drug-likeness (QED) is 0.717. The first kappa shape index (κ1) is 21.6. The number of carbonyl (C=O) groups is 2. The molecule has 2 N–H and O–H groups in total. The van der Waals surface area contributed by atoms with E-state index in [9.17, 15) is 9.59 Å². The van der Waals surface area contributed by atoms with Gasteiger partial charge >= 0.3 is 0 Å². The molecule has 1 saturated heterocycles. The molecule has 0 saturated carbocycles. The van der Waals surface area contributed by atoms with Crippen molar-refractivity contribution in [3.63, 3.8) is 0 Å². The predicted octanol–water partition coefficient (Wildman–Crippen LogP) is 2.36. The lowest BCUT2D eigenvalue weighted by atomic mass is 9.92. The van der Waals surface area contributed by atoms with Gasteiger partial charge in [-0.15, -0.1) is 0 Å². The molecule has 1 fully saturated rings. The van der Waals surface area contributed by atoms with Gasteiger partial charge in [-0.25, -0.2) is 0 Å². The number of likely N-dealkylation sites (tertiary alicyclic amines) is 1. The van der Waals surface area contributed by atoms with Gasteiger partial charge < -0.3 is 15.5 Å². The van der Waals surface area contributed by atoms with Gasteiger partial charge in [0.05, 0.1) is 30.0 Å². The van der Waals surface area contributed by atoms with E-state index in [0.29, 0.717) is 43.5 Å². The van der Waals surface area contributed by atoms with E-state index in [1.54, 1.807) is 6.20 Å². The maximum absolute atomic E-state index is 12.6. The number of amides is 2. The summed E-state index contributed by atoms with van der Waals surface area (Å²) in [5, 5.41) is 10.5. The van der Waals surface area contributed by atoms with Gasteiger partial charge in [-0.2, -0.15) is 5.10 Å². The zero-order chi connectivity index (χ0) is 21.8. The molecule has 3 heterocycles. The Bertz CT molecular complexity index is 900. The third-order valence-corrected chi connectivity index (χ3v) is 6.54. The molecule has 166 valence electrons. The summed E-state index contributed by atoms with van der Waals surface area (Å²) in [5.41, 5.74) is 2.57. The molecule has 31 heavy (non-hydrogen) atoms. The molecule has 7 heteroatoms. The van der Waals surface area contributed by atoms with E-state index in [4.69, 9.17) is 0 Å². The molecule has 0 bridgehead atoms. The van der Waals surface area contributed by atoms with Crippen LogP contribution in [0.5, 0.6) is 0 Å². The van der Waals surface area contributed by atoms with Crippen molar-refractivity contribution in [1.29, 1.82) is 0 Å². The lowest BCUT2D eigenvalue weighted by Gasteiger charge is -2.34. The highest BCUT2D eigenvalue weighted by molar-refractivity contribution is 5.95. The number of nitrogens with zero attached hydrogens (tertiary/aromatic N) is 3. The Morgan fingerprint density at radius 1 is 1.16 bits per heavy atom. The van der Waals surface area contributed by atoms with Crippen molar-refractivity contribution in [2.75, 3.05) is 13.1 Å². The maximum Gasteiger partial charge on any atom is 0.255 e. The zero-order valence-corrected chi connectivity index (χ0v) is 18.5. The molecule has 0 radical (unpaired) electrons. The Morgan fingerprint density at radius 2 is 1.90 bits per heavy atom. The largest absolute Gasteiger partial charge is 0.351 e. The molecular formula is C24H33N5O2. The molecule has 4 rings (SSSR count). The Morgan fingerprint density at radius 3 is 2.61 bits per heavy atom. The van der Waals surface area contributed by atoms with E-state index < -0.39 is 0 Å². The second-order valence-corrected chi connectivity index (χ2v) is 9.10. The Kier molecular flexibility index (Phi) is 6.70. The highest BCUT2D eigenvalue weighted by Crippen LogP contribution is 2.23. The number of fused-ring (bicyclic) bond motifs is 1. The predicted molar refractivity (Wildman–Crippen MR) is 120 cm³/mol. The van der Waals surface area contributed by atoms with Crippen molar-refractivity contribution >= 4 is 11.8 Å². The van der Waals surface area contributed by atoms with Crippen LogP contribution in [0.3, 0.4) is 0 Å². The average Bonchev–Trinajstić information content (AvgIpc) is 3.33. The van der Waals surface area contributed by atoms with Crippen molar-refractivity contribution < 1.29 is 9.59 Å².